The average Bonchev–Trinajstić information content (AvgIpc) is 2.25. The van der Waals surface area contributed by atoms with Gasteiger partial charge in [0.25, 0.3) is 0 Å². The zero-order valence-corrected chi connectivity index (χ0v) is 10.7. The molecule has 0 saturated heterocycles. The third-order valence-electron chi connectivity index (χ3n) is 2.17. The molecule has 0 aromatic heterocycles. The highest BCUT2D eigenvalue weighted by Crippen LogP contribution is 1.95. The number of hydrogen-bond donors (Lipinski definition) is 2. The van der Waals surface area contributed by atoms with Gasteiger partial charge in [-0.05, 0) is 20.3 Å². The molecule has 17 heavy (non-hydrogen) atoms. The van der Waals surface area contributed by atoms with Crippen LogP contribution in [0.1, 0.15) is 26.7 Å². The summed E-state index contributed by atoms with van der Waals surface area (Å²) in [6, 6.07) is -0.257. The van der Waals surface area contributed by atoms with Crippen molar-refractivity contribution in [2.75, 3.05) is 26.8 Å². The highest BCUT2D eigenvalue weighted by Gasteiger charge is 2.11. The molecule has 0 aromatic rings. The van der Waals surface area contributed by atoms with Gasteiger partial charge in [-0.2, -0.15) is 0 Å². The van der Waals surface area contributed by atoms with Crippen molar-refractivity contribution in [3.8, 4) is 0 Å². The summed E-state index contributed by atoms with van der Waals surface area (Å²) in [5, 5.41) is 11.2. The zero-order chi connectivity index (χ0) is 13.3. The monoisotopic (exact) mass is 246 g/mol. The Bertz CT molecular complexity index is 246. The van der Waals surface area contributed by atoms with Crippen LogP contribution in [0.15, 0.2) is 0 Å². The first kappa shape index (κ1) is 15.7. The fraction of sp³-hybridized carbons (Fsp3) is 0.818. The summed E-state index contributed by atoms with van der Waals surface area (Å²) in [6.45, 7) is 5.28. The van der Waals surface area contributed by atoms with Gasteiger partial charge >= 0.3 is 12.0 Å². The van der Waals surface area contributed by atoms with Crippen LogP contribution in [0.3, 0.4) is 0 Å². The fourth-order valence-corrected chi connectivity index (χ4v) is 1.23. The normalized spacial score (nSPS) is 11.9. The Balaban J connectivity index is 3.76. The summed E-state index contributed by atoms with van der Waals surface area (Å²) >= 11 is 0. The van der Waals surface area contributed by atoms with Crippen LogP contribution < -0.4 is 5.32 Å². The number of ether oxygens (including phenoxy) is 1. The minimum atomic E-state index is -0.844. The molecule has 0 saturated carbocycles. The van der Waals surface area contributed by atoms with E-state index in [-0.39, 0.29) is 18.5 Å². The predicted molar refractivity (Wildman–Crippen MR) is 64.0 cm³/mol. The molecule has 0 bridgehead atoms. The number of carboxylic acid groups (broad SMARTS) is 1. The molecule has 0 aromatic carbocycles. The number of carbonyl (C=O) groups excluding carboxylic acids is 1. The van der Waals surface area contributed by atoms with Gasteiger partial charge in [0.05, 0.1) is 12.6 Å². The summed E-state index contributed by atoms with van der Waals surface area (Å²) in [7, 11) is 1.64. The number of nitrogens with zero attached hydrogens (tertiary/aromatic N) is 1. The molecule has 0 spiro atoms. The maximum absolute atomic E-state index is 11.6. The van der Waals surface area contributed by atoms with E-state index in [9.17, 15) is 9.59 Å². The highest BCUT2D eigenvalue weighted by atomic mass is 16.5. The number of carboxylic acids is 1. The van der Waals surface area contributed by atoms with Crippen molar-refractivity contribution in [1.82, 2.24) is 10.2 Å². The van der Waals surface area contributed by atoms with Gasteiger partial charge in [-0.3, -0.25) is 4.79 Å². The topological polar surface area (TPSA) is 78.9 Å². The smallest absolute Gasteiger partial charge is 0.317 e. The molecule has 100 valence electrons. The van der Waals surface area contributed by atoms with E-state index in [1.807, 2.05) is 13.8 Å². The summed E-state index contributed by atoms with van der Waals surface area (Å²) in [5.41, 5.74) is 0. The molecule has 0 rings (SSSR count). The number of hydrogen-bond acceptors (Lipinski definition) is 3. The second kappa shape index (κ2) is 8.81. The van der Waals surface area contributed by atoms with Crippen molar-refractivity contribution in [3.63, 3.8) is 0 Å². The van der Waals surface area contributed by atoms with E-state index >= 15 is 0 Å². The number of carbonyl (C=O) groups is 2. The number of nitrogens with one attached hydrogen (secondary N) is 1. The average molecular weight is 246 g/mol. The molecule has 0 radical (unpaired) electrons. The third kappa shape index (κ3) is 8.50. The van der Waals surface area contributed by atoms with Gasteiger partial charge in [0.1, 0.15) is 0 Å². The Hall–Kier alpha value is -1.30. The van der Waals surface area contributed by atoms with Crippen LogP contribution in [0.5, 0.6) is 0 Å². The largest absolute Gasteiger partial charge is 0.481 e. The van der Waals surface area contributed by atoms with Gasteiger partial charge in [-0.25, -0.2) is 4.79 Å². The lowest BCUT2D eigenvalue weighted by molar-refractivity contribution is -0.137. The standard InChI is InChI=1S/C11H22N2O4/c1-4-17-8-9(2)12-11(16)13(3)7-5-6-10(14)15/h9H,4-8H2,1-3H3,(H,12,16)(H,14,15). The van der Waals surface area contributed by atoms with Crippen LogP contribution in [0, 0.1) is 0 Å². The molecule has 1 atom stereocenters. The Morgan fingerprint density at radius 3 is 2.65 bits per heavy atom. The van der Waals surface area contributed by atoms with Crippen molar-refractivity contribution in [3.05, 3.63) is 0 Å². The van der Waals surface area contributed by atoms with E-state index in [0.29, 0.717) is 26.2 Å². The van der Waals surface area contributed by atoms with Crippen LogP contribution in [0.25, 0.3) is 0 Å². The van der Waals surface area contributed by atoms with Crippen molar-refractivity contribution < 1.29 is 19.4 Å². The first-order valence-electron chi connectivity index (χ1n) is 5.78. The molecule has 2 N–H and O–H groups in total. The molecule has 6 heteroatoms. The van der Waals surface area contributed by atoms with Gasteiger partial charge in [0, 0.05) is 26.6 Å². The SMILES string of the molecule is CCOCC(C)NC(=O)N(C)CCCC(=O)O. The lowest BCUT2D eigenvalue weighted by atomic mass is 10.3. The third-order valence-corrected chi connectivity index (χ3v) is 2.17. The molecular formula is C11H22N2O4. The minimum absolute atomic E-state index is 0.0515. The Morgan fingerprint density at radius 2 is 2.12 bits per heavy atom. The van der Waals surface area contributed by atoms with Crippen LogP contribution in [-0.2, 0) is 9.53 Å². The van der Waals surface area contributed by atoms with E-state index < -0.39 is 5.97 Å². The summed E-state index contributed by atoms with van der Waals surface area (Å²) < 4.78 is 5.18. The number of urea groups is 1. The predicted octanol–water partition coefficient (Wildman–Crippen LogP) is 0.918. The van der Waals surface area contributed by atoms with Gasteiger partial charge in [0.2, 0.25) is 0 Å². The van der Waals surface area contributed by atoms with E-state index in [4.69, 9.17) is 9.84 Å². The lowest BCUT2D eigenvalue weighted by Gasteiger charge is -2.21. The van der Waals surface area contributed by atoms with Crippen molar-refractivity contribution in [2.24, 2.45) is 0 Å². The molecule has 0 fully saturated rings. The maximum Gasteiger partial charge on any atom is 0.317 e. The molecule has 2 amide bonds. The lowest BCUT2D eigenvalue weighted by Crippen LogP contribution is -2.44. The Morgan fingerprint density at radius 1 is 1.47 bits per heavy atom. The quantitative estimate of drug-likeness (QED) is 0.667. The van der Waals surface area contributed by atoms with Crippen molar-refractivity contribution in [1.29, 1.82) is 0 Å². The highest BCUT2D eigenvalue weighted by molar-refractivity contribution is 5.74. The maximum atomic E-state index is 11.6. The van der Waals surface area contributed by atoms with Gasteiger partial charge in [0.15, 0.2) is 0 Å². The summed E-state index contributed by atoms with van der Waals surface area (Å²) in [5.74, 6) is -0.844. The molecule has 0 aliphatic heterocycles. The van der Waals surface area contributed by atoms with E-state index in [0.717, 1.165) is 0 Å². The van der Waals surface area contributed by atoms with Gasteiger partial charge in [-0.1, -0.05) is 0 Å². The first-order valence-corrected chi connectivity index (χ1v) is 5.78. The molecule has 6 nitrogen and oxygen atoms in total. The van der Waals surface area contributed by atoms with Crippen LogP contribution in [0.2, 0.25) is 0 Å². The van der Waals surface area contributed by atoms with E-state index in [1.165, 1.54) is 4.90 Å². The number of aliphatic carboxylic acids is 1. The number of rotatable bonds is 8. The van der Waals surface area contributed by atoms with Crippen molar-refractivity contribution >= 4 is 12.0 Å². The number of amides is 2. The molecule has 0 heterocycles. The van der Waals surface area contributed by atoms with Crippen LogP contribution in [0.4, 0.5) is 4.79 Å². The molecular weight excluding hydrogens is 224 g/mol. The van der Waals surface area contributed by atoms with Crippen molar-refractivity contribution in [2.45, 2.75) is 32.7 Å². The summed E-state index contributed by atoms with van der Waals surface area (Å²) in [4.78, 5) is 23.4. The Labute approximate surface area is 102 Å². The van der Waals surface area contributed by atoms with E-state index in [2.05, 4.69) is 5.32 Å². The second-order valence-corrected chi connectivity index (χ2v) is 3.93. The molecule has 0 aliphatic carbocycles. The van der Waals surface area contributed by atoms with E-state index in [1.54, 1.807) is 7.05 Å². The fourth-order valence-electron chi connectivity index (χ4n) is 1.23. The Kier molecular flexibility index (Phi) is 8.13. The minimum Gasteiger partial charge on any atom is -0.481 e. The zero-order valence-electron chi connectivity index (χ0n) is 10.7. The molecule has 0 aliphatic rings. The van der Waals surface area contributed by atoms with Crippen LogP contribution >= 0.6 is 0 Å². The second-order valence-electron chi connectivity index (χ2n) is 3.93. The summed E-state index contributed by atoms with van der Waals surface area (Å²) in [6.07, 6.45) is 0.533. The van der Waals surface area contributed by atoms with Gasteiger partial charge < -0.3 is 20.1 Å². The first-order chi connectivity index (χ1) is 7.97. The van der Waals surface area contributed by atoms with Crippen LogP contribution in [-0.4, -0.2) is 54.9 Å². The van der Waals surface area contributed by atoms with Gasteiger partial charge in [-0.15, -0.1) is 0 Å². The molecule has 1 unspecified atom stereocenters.